The quantitative estimate of drug-likeness (QED) is 0.807. The summed E-state index contributed by atoms with van der Waals surface area (Å²) in [6.07, 6.45) is 6.91. The van der Waals surface area contributed by atoms with Crippen molar-refractivity contribution in [2.45, 2.75) is 77.9 Å². The summed E-state index contributed by atoms with van der Waals surface area (Å²) in [5, 5.41) is 3.81. The van der Waals surface area contributed by atoms with E-state index >= 15 is 0 Å². The predicted molar refractivity (Wildman–Crippen MR) is 98.0 cm³/mol. The number of hydrogen-bond donors (Lipinski definition) is 2. The third kappa shape index (κ3) is 5.09. The van der Waals surface area contributed by atoms with Crippen molar-refractivity contribution >= 4 is 6.09 Å². The molecule has 140 valence electrons. The molecule has 0 aromatic carbocycles. The van der Waals surface area contributed by atoms with Gasteiger partial charge in [-0.25, -0.2) is 4.79 Å². The molecule has 2 fully saturated rings. The zero-order valence-electron chi connectivity index (χ0n) is 16.1. The van der Waals surface area contributed by atoms with Gasteiger partial charge in [-0.3, -0.25) is 0 Å². The number of nitrogens with zero attached hydrogens (tertiary/aromatic N) is 1. The highest BCUT2D eigenvalue weighted by Gasteiger charge is 2.37. The topological polar surface area (TPSA) is 67.6 Å². The molecule has 3 N–H and O–H groups in total. The minimum absolute atomic E-state index is 0.167. The van der Waals surface area contributed by atoms with Crippen molar-refractivity contribution in [2.75, 3.05) is 26.2 Å². The second-order valence-corrected chi connectivity index (χ2v) is 8.74. The van der Waals surface area contributed by atoms with Crippen molar-refractivity contribution < 1.29 is 9.53 Å². The van der Waals surface area contributed by atoms with Crippen LogP contribution in [0.3, 0.4) is 0 Å². The maximum Gasteiger partial charge on any atom is 0.410 e. The van der Waals surface area contributed by atoms with Crippen LogP contribution in [0.1, 0.15) is 66.2 Å². The summed E-state index contributed by atoms with van der Waals surface area (Å²) in [6, 6.07) is 0.585. The Bertz CT molecular complexity index is 411. The first-order chi connectivity index (χ1) is 11.3. The van der Waals surface area contributed by atoms with Crippen molar-refractivity contribution in [1.82, 2.24) is 10.2 Å². The average molecular weight is 340 g/mol. The summed E-state index contributed by atoms with van der Waals surface area (Å²) in [5.74, 6) is 0.640. The van der Waals surface area contributed by atoms with Crippen LogP contribution in [0.2, 0.25) is 0 Å². The van der Waals surface area contributed by atoms with Gasteiger partial charge < -0.3 is 20.7 Å². The number of carbonyl (C=O) groups excluding carboxylic acids is 1. The lowest BCUT2D eigenvalue weighted by Crippen LogP contribution is -2.50. The zero-order chi connectivity index (χ0) is 17.8. The molecule has 1 aliphatic heterocycles. The van der Waals surface area contributed by atoms with Crippen LogP contribution in [-0.4, -0.2) is 48.8 Å². The molecule has 1 saturated heterocycles. The number of likely N-dealkylation sites (tertiary alicyclic amines) is 1. The van der Waals surface area contributed by atoms with E-state index in [1.807, 2.05) is 25.7 Å². The Balaban J connectivity index is 1.83. The summed E-state index contributed by atoms with van der Waals surface area (Å²) in [4.78, 5) is 14.1. The molecule has 2 aliphatic rings. The lowest BCUT2D eigenvalue weighted by Gasteiger charge is -2.42. The van der Waals surface area contributed by atoms with Gasteiger partial charge in [-0.15, -0.1) is 0 Å². The minimum atomic E-state index is -0.419. The van der Waals surface area contributed by atoms with Crippen LogP contribution < -0.4 is 11.1 Å². The largest absolute Gasteiger partial charge is 0.444 e. The Hall–Kier alpha value is -0.810. The van der Waals surface area contributed by atoms with Crippen LogP contribution in [0, 0.1) is 11.3 Å². The fourth-order valence-corrected chi connectivity index (χ4v) is 4.08. The van der Waals surface area contributed by atoms with E-state index in [1.165, 1.54) is 19.3 Å². The molecule has 1 saturated carbocycles. The molecule has 2 unspecified atom stereocenters. The predicted octanol–water partition coefficient (Wildman–Crippen LogP) is 3.13. The first kappa shape index (κ1) is 19.5. The van der Waals surface area contributed by atoms with Gasteiger partial charge in [0, 0.05) is 25.7 Å². The number of hydrogen-bond acceptors (Lipinski definition) is 4. The van der Waals surface area contributed by atoms with Gasteiger partial charge in [0.2, 0.25) is 0 Å². The molecule has 2 rings (SSSR count). The lowest BCUT2D eigenvalue weighted by atomic mass is 9.76. The van der Waals surface area contributed by atoms with Gasteiger partial charge in [-0.05, 0) is 70.8 Å². The highest BCUT2D eigenvalue weighted by molar-refractivity contribution is 5.68. The number of ether oxygens (including phenoxy) is 1. The van der Waals surface area contributed by atoms with E-state index in [0.29, 0.717) is 17.4 Å². The fourth-order valence-electron chi connectivity index (χ4n) is 4.08. The van der Waals surface area contributed by atoms with Gasteiger partial charge in [-0.1, -0.05) is 13.3 Å². The van der Waals surface area contributed by atoms with Crippen LogP contribution in [-0.2, 0) is 4.74 Å². The Labute approximate surface area is 147 Å². The lowest BCUT2D eigenvalue weighted by molar-refractivity contribution is 0.00900. The number of amides is 1. The summed E-state index contributed by atoms with van der Waals surface area (Å²) >= 11 is 0. The Morgan fingerprint density at radius 2 is 1.96 bits per heavy atom. The van der Waals surface area contributed by atoms with Gasteiger partial charge in [0.15, 0.2) is 0 Å². The molecule has 1 heterocycles. The van der Waals surface area contributed by atoms with Gasteiger partial charge in [-0.2, -0.15) is 0 Å². The molecule has 1 amide bonds. The molecule has 5 heteroatoms. The van der Waals surface area contributed by atoms with E-state index in [4.69, 9.17) is 10.5 Å². The highest BCUT2D eigenvalue weighted by atomic mass is 16.6. The average Bonchev–Trinajstić information content (AvgIpc) is 2.99. The summed E-state index contributed by atoms with van der Waals surface area (Å²) < 4.78 is 5.51. The van der Waals surface area contributed by atoms with Gasteiger partial charge >= 0.3 is 6.09 Å². The van der Waals surface area contributed by atoms with Crippen molar-refractivity contribution in [3.05, 3.63) is 0 Å². The third-order valence-corrected chi connectivity index (χ3v) is 5.93. The molecule has 2 atom stereocenters. The Kier molecular flexibility index (Phi) is 6.54. The second-order valence-electron chi connectivity index (χ2n) is 8.74. The summed E-state index contributed by atoms with van der Waals surface area (Å²) in [7, 11) is 0. The molecule has 0 aromatic heterocycles. The smallest absolute Gasteiger partial charge is 0.410 e. The minimum Gasteiger partial charge on any atom is -0.444 e. The molecule has 1 aliphatic carbocycles. The van der Waals surface area contributed by atoms with Crippen molar-refractivity contribution in [2.24, 2.45) is 17.1 Å². The summed E-state index contributed by atoms with van der Waals surface area (Å²) in [5.41, 5.74) is 5.79. The first-order valence-corrected chi connectivity index (χ1v) is 9.70. The van der Waals surface area contributed by atoms with E-state index < -0.39 is 5.60 Å². The number of piperidine rings is 1. The molecular formula is C19H37N3O2. The maximum absolute atomic E-state index is 12.2. The molecule has 5 nitrogen and oxygen atoms in total. The fraction of sp³-hybridized carbons (Fsp3) is 0.947. The molecule has 0 bridgehead atoms. The Morgan fingerprint density at radius 3 is 2.50 bits per heavy atom. The van der Waals surface area contributed by atoms with Crippen molar-refractivity contribution in [3.8, 4) is 0 Å². The standard InChI is InChI=1S/C19H37N3O2/c1-5-19(14-21-16-8-6-7-15(16)13-20)9-11-22(12-10-19)17(23)24-18(2,3)4/h15-16,21H,5-14,20H2,1-4H3. The van der Waals surface area contributed by atoms with E-state index in [2.05, 4.69) is 12.2 Å². The monoisotopic (exact) mass is 339 g/mol. The molecule has 0 aromatic rings. The van der Waals surface area contributed by atoms with Crippen molar-refractivity contribution in [3.63, 3.8) is 0 Å². The summed E-state index contributed by atoms with van der Waals surface area (Å²) in [6.45, 7) is 11.5. The van der Waals surface area contributed by atoms with Crippen LogP contribution in [0.25, 0.3) is 0 Å². The number of rotatable bonds is 5. The first-order valence-electron chi connectivity index (χ1n) is 9.70. The zero-order valence-corrected chi connectivity index (χ0v) is 16.1. The Morgan fingerprint density at radius 1 is 1.29 bits per heavy atom. The normalized spacial score (nSPS) is 27.3. The molecular weight excluding hydrogens is 302 g/mol. The SMILES string of the molecule is CCC1(CNC2CCCC2CN)CCN(C(=O)OC(C)(C)C)CC1. The van der Waals surface area contributed by atoms with E-state index in [9.17, 15) is 4.79 Å². The molecule has 0 radical (unpaired) electrons. The maximum atomic E-state index is 12.2. The van der Waals surface area contributed by atoms with Crippen molar-refractivity contribution in [1.29, 1.82) is 0 Å². The van der Waals surface area contributed by atoms with E-state index in [1.54, 1.807) is 0 Å². The van der Waals surface area contributed by atoms with E-state index in [0.717, 1.165) is 45.4 Å². The van der Waals surface area contributed by atoms with Crippen LogP contribution in [0.5, 0.6) is 0 Å². The van der Waals surface area contributed by atoms with E-state index in [-0.39, 0.29) is 6.09 Å². The van der Waals surface area contributed by atoms with Crippen LogP contribution >= 0.6 is 0 Å². The van der Waals surface area contributed by atoms with Gasteiger partial charge in [0.25, 0.3) is 0 Å². The number of nitrogens with two attached hydrogens (primary N) is 1. The second kappa shape index (κ2) is 8.05. The molecule has 0 spiro atoms. The van der Waals surface area contributed by atoms with Crippen LogP contribution in [0.15, 0.2) is 0 Å². The van der Waals surface area contributed by atoms with Gasteiger partial charge in [0.1, 0.15) is 5.60 Å². The van der Waals surface area contributed by atoms with Crippen LogP contribution in [0.4, 0.5) is 4.79 Å². The highest BCUT2D eigenvalue weighted by Crippen LogP contribution is 2.35. The third-order valence-electron chi connectivity index (χ3n) is 5.93. The number of nitrogens with one attached hydrogen (secondary N) is 1. The number of carbonyl (C=O) groups is 1. The molecule has 24 heavy (non-hydrogen) atoms. The van der Waals surface area contributed by atoms with Gasteiger partial charge in [0.05, 0.1) is 0 Å².